The third kappa shape index (κ3) is 3.35. The number of hydrogen-bond acceptors (Lipinski definition) is 2. The van der Waals surface area contributed by atoms with Crippen LogP contribution in [0.3, 0.4) is 0 Å². The minimum Gasteiger partial charge on any atom is -0.300 e. The average molecular weight is 285 g/mol. The number of rotatable bonds is 2. The van der Waals surface area contributed by atoms with Gasteiger partial charge < -0.3 is 0 Å². The molecule has 0 heterocycles. The van der Waals surface area contributed by atoms with Gasteiger partial charge in [0.05, 0.1) is 0 Å². The van der Waals surface area contributed by atoms with Gasteiger partial charge in [-0.2, -0.15) is 0 Å². The Kier molecular flexibility index (Phi) is 3.87. The van der Waals surface area contributed by atoms with Crippen molar-refractivity contribution in [2.24, 2.45) is 0 Å². The maximum atomic E-state index is 11.3. The molecule has 0 radical (unpaired) electrons. The van der Waals surface area contributed by atoms with E-state index >= 15 is 0 Å². The molecule has 0 bridgehead atoms. The molecule has 0 saturated heterocycles. The van der Waals surface area contributed by atoms with Gasteiger partial charge in [0.2, 0.25) is 0 Å². The Hall–Kier alpha value is -0.280. The van der Waals surface area contributed by atoms with Gasteiger partial charge in [0.1, 0.15) is 5.78 Å². The molecule has 0 aromatic heterocycles. The molecular formula is C12H13BrOS. The maximum Gasteiger partial charge on any atom is 0.134 e. The van der Waals surface area contributed by atoms with Crippen LogP contribution in [0.4, 0.5) is 0 Å². The van der Waals surface area contributed by atoms with Crippen molar-refractivity contribution in [1.29, 1.82) is 0 Å². The number of benzene rings is 1. The first-order valence-electron chi connectivity index (χ1n) is 5.18. The first kappa shape index (κ1) is 11.2. The zero-order valence-electron chi connectivity index (χ0n) is 8.41. The molecule has 0 aliphatic heterocycles. The highest BCUT2D eigenvalue weighted by Gasteiger charge is 2.20. The van der Waals surface area contributed by atoms with E-state index in [-0.39, 0.29) is 0 Å². The predicted molar refractivity (Wildman–Crippen MR) is 67.3 cm³/mol. The van der Waals surface area contributed by atoms with Crippen LogP contribution in [0.15, 0.2) is 33.6 Å². The quantitative estimate of drug-likeness (QED) is 0.815. The lowest BCUT2D eigenvalue weighted by Gasteiger charge is -2.20. The smallest absolute Gasteiger partial charge is 0.134 e. The number of halogens is 1. The molecule has 1 nitrogen and oxygen atoms in total. The third-order valence-electron chi connectivity index (χ3n) is 2.54. The number of carbonyl (C=O) groups is 1. The van der Waals surface area contributed by atoms with Crippen LogP contribution in [0.2, 0.25) is 0 Å². The van der Waals surface area contributed by atoms with E-state index in [4.69, 9.17) is 0 Å². The molecule has 1 unspecified atom stereocenters. The first-order chi connectivity index (χ1) is 7.24. The van der Waals surface area contributed by atoms with E-state index in [0.717, 1.165) is 23.7 Å². The summed E-state index contributed by atoms with van der Waals surface area (Å²) in [6, 6.07) is 8.28. The molecule has 1 saturated carbocycles. The molecule has 1 atom stereocenters. The topological polar surface area (TPSA) is 17.1 Å². The lowest BCUT2D eigenvalue weighted by atomic mass is 9.99. The summed E-state index contributed by atoms with van der Waals surface area (Å²) in [6.07, 6.45) is 3.76. The molecule has 0 spiro atoms. The molecule has 1 aromatic rings. The Labute approximate surface area is 103 Å². The summed E-state index contributed by atoms with van der Waals surface area (Å²) in [5, 5.41) is 0.487. The zero-order chi connectivity index (χ0) is 10.7. The fraction of sp³-hybridized carbons (Fsp3) is 0.417. The van der Waals surface area contributed by atoms with E-state index in [1.54, 1.807) is 0 Å². The summed E-state index contributed by atoms with van der Waals surface area (Å²) >= 11 is 5.29. The molecule has 3 heteroatoms. The molecule has 1 aliphatic rings. The van der Waals surface area contributed by atoms with Gasteiger partial charge in [-0.1, -0.05) is 22.0 Å². The Bertz CT molecular complexity index is 364. The standard InChI is InChI=1S/C12H13BrOS/c13-9-3-1-5-11(7-9)15-12-6-2-4-10(14)8-12/h1,3,5,7,12H,2,4,6,8H2. The van der Waals surface area contributed by atoms with E-state index in [1.165, 1.54) is 11.3 Å². The molecule has 1 aliphatic carbocycles. The second-order valence-electron chi connectivity index (χ2n) is 3.83. The Balaban J connectivity index is 1.99. The Morgan fingerprint density at radius 1 is 1.40 bits per heavy atom. The highest BCUT2D eigenvalue weighted by molar-refractivity contribution is 9.10. The normalized spacial score (nSPS) is 21.7. The molecule has 1 aromatic carbocycles. The summed E-state index contributed by atoms with van der Waals surface area (Å²) in [5.41, 5.74) is 0. The van der Waals surface area contributed by atoms with Crippen LogP contribution in [-0.2, 0) is 4.79 Å². The fourth-order valence-electron chi connectivity index (χ4n) is 1.82. The monoisotopic (exact) mass is 284 g/mol. The second kappa shape index (κ2) is 5.17. The molecule has 15 heavy (non-hydrogen) atoms. The van der Waals surface area contributed by atoms with Gasteiger partial charge >= 0.3 is 0 Å². The number of thioether (sulfide) groups is 1. The summed E-state index contributed by atoms with van der Waals surface area (Å²) in [7, 11) is 0. The minimum absolute atomic E-state index is 0.425. The van der Waals surface area contributed by atoms with Crippen LogP contribution in [0.5, 0.6) is 0 Å². The molecule has 2 rings (SSSR count). The minimum atomic E-state index is 0.425. The lowest BCUT2D eigenvalue weighted by Crippen LogP contribution is -2.16. The van der Waals surface area contributed by atoms with Gasteiger partial charge in [-0.3, -0.25) is 4.79 Å². The highest BCUT2D eigenvalue weighted by Crippen LogP contribution is 2.33. The number of ketones is 1. The summed E-state index contributed by atoms with van der Waals surface area (Å²) in [4.78, 5) is 12.6. The Morgan fingerprint density at radius 2 is 2.27 bits per heavy atom. The Morgan fingerprint density at radius 3 is 3.00 bits per heavy atom. The number of hydrogen-bond donors (Lipinski definition) is 0. The van der Waals surface area contributed by atoms with Crippen molar-refractivity contribution in [2.45, 2.75) is 35.8 Å². The number of carbonyl (C=O) groups excluding carboxylic acids is 1. The molecule has 0 N–H and O–H groups in total. The molecular weight excluding hydrogens is 272 g/mol. The van der Waals surface area contributed by atoms with Crippen LogP contribution < -0.4 is 0 Å². The van der Waals surface area contributed by atoms with Crippen LogP contribution >= 0.6 is 27.7 Å². The maximum absolute atomic E-state index is 11.3. The van der Waals surface area contributed by atoms with Crippen molar-refractivity contribution in [1.82, 2.24) is 0 Å². The van der Waals surface area contributed by atoms with Crippen LogP contribution in [0.1, 0.15) is 25.7 Å². The zero-order valence-corrected chi connectivity index (χ0v) is 10.8. The number of Topliss-reactive ketones (excluding diaryl/α,β-unsaturated/α-hetero) is 1. The molecule has 80 valence electrons. The third-order valence-corrected chi connectivity index (χ3v) is 4.29. The van der Waals surface area contributed by atoms with Crippen molar-refractivity contribution in [3.05, 3.63) is 28.7 Å². The molecule has 1 fully saturated rings. The second-order valence-corrected chi connectivity index (χ2v) is 6.12. The highest BCUT2D eigenvalue weighted by atomic mass is 79.9. The first-order valence-corrected chi connectivity index (χ1v) is 6.85. The van der Waals surface area contributed by atoms with Gasteiger partial charge in [0, 0.05) is 27.5 Å². The fourth-order valence-corrected chi connectivity index (χ4v) is 3.66. The van der Waals surface area contributed by atoms with Crippen molar-refractivity contribution >= 4 is 33.5 Å². The lowest BCUT2D eigenvalue weighted by molar-refractivity contribution is -0.120. The van der Waals surface area contributed by atoms with Crippen molar-refractivity contribution in [3.8, 4) is 0 Å². The SMILES string of the molecule is O=C1CCCC(Sc2cccc(Br)c2)C1. The van der Waals surface area contributed by atoms with Crippen molar-refractivity contribution < 1.29 is 4.79 Å². The van der Waals surface area contributed by atoms with E-state index < -0.39 is 0 Å². The largest absolute Gasteiger partial charge is 0.300 e. The predicted octanol–water partition coefficient (Wildman–Crippen LogP) is 4.05. The van der Waals surface area contributed by atoms with Crippen molar-refractivity contribution in [3.63, 3.8) is 0 Å². The summed E-state index contributed by atoms with van der Waals surface area (Å²) in [5.74, 6) is 0.425. The summed E-state index contributed by atoms with van der Waals surface area (Å²) < 4.78 is 1.11. The van der Waals surface area contributed by atoms with Gasteiger partial charge in [-0.15, -0.1) is 11.8 Å². The van der Waals surface area contributed by atoms with E-state index in [9.17, 15) is 4.79 Å². The van der Waals surface area contributed by atoms with Gasteiger partial charge in [0.25, 0.3) is 0 Å². The van der Waals surface area contributed by atoms with Gasteiger partial charge in [-0.25, -0.2) is 0 Å². The van der Waals surface area contributed by atoms with Crippen LogP contribution in [0, 0.1) is 0 Å². The summed E-state index contributed by atoms with van der Waals surface area (Å²) in [6.45, 7) is 0. The van der Waals surface area contributed by atoms with E-state index in [0.29, 0.717) is 11.0 Å². The van der Waals surface area contributed by atoms with E-state index in [2.05, 4.69) is 28.1 Å². The van der Waals surface area contributed by atoms with E-state index in [1.807, 2.05) is 23.9 Å². The van der Waals surface area contributed by atoms with Gasteiger partial charge in [-0.05, 0) is 31.0 Å². The van der Waals surface area contributed by atoms with Crippen LogP contribution in [-0.4, -0.2) is 11.0 Å². The van der Waals surface area contributed by atoms with Gasteiger partial charge in [0.15, 0.2) is 0 Å². The van der Waals surface area contributed by atoms with Crippen LogP contribution in [0.25, 0.3) is 0 Å². The average Bonchev–Trinajstić information content (AvgIpc) is 2.17. The van der Waals surface area contributed by atoms with Crippen molar-refractivity contribution in [2.75, 3.05) is 0 Å². The molecule has 0 amide bonds.